The molecule has 2 heterocycles. The molecule has 0 atom stereocenters. The number of aromatic nitrogens is 1. The van der Waals surface area contributed by atoms with E-state index in [2.05, 4.69) is 0 Å². The zero-order valence-electron chi connectivity index (χ0n) is 17.4. The number of hydrogen-bond donors (Lipinski definition) is 0. The Hall–Kier alpha value is -2.22. The molecule has 2 aromatic carbocycles. The Kier molecular flexibility index (Phi) is 6.33. The third-order valence-corrected chi connectivity index (χ3v) is 7.04. The number of fused-ring (bicyclic) bond motifs is 1. The molecule has 0 bridgehead atoms. The largest absolute Gasteiger partial charge is 0.444 e. The predicted octanol–water partition coefficient (Wildman–Crippen LogP) is 5.29. The summed E-state index contributed by atoms with van der Waals surface area (Å²) in [6.45, 7) is 6.63. The Morgan fingerprint density at radius 1 is 1.10 bits per heavy atom. The molecule has 1 aromatic heterocycles. The van der Waals surface area contributed by atoms with Gasteiger partial charge in [0.05, 0.1) is 15.4 Å². The van der Waals surface area contributed by atoms with Crippen molar-refractivity contribution in [1.82, 2.24) is 8.87 Å². The minimum atomic E-state index is -3.74. The van der Waals surface area contributed by atoms with Crippen LogP contribution >= 0.6 is 24.0 Å². The number of carbonyl (C=O) groups excluding carboxylic acids is 1. The number of nitrogens with zero attached hydrogens (tertiary/aromatic N) is 2. The molecular formula is C22H24Cl2N2O4S. The second kappa shape index (κ2) is 8.37. The van der Waals surface area contributed by atoms with Gasteiger partial charge in [-0.15, -0.1) is 12.4 Å². The summed E-state index contributed by atoms with van der Waals surface area (Å²) in [5.41, 5.74) is 1.01. The SMILES string of the molecule is CC(C)(C)OC(=O)N1CC(c2ccc3c(c2)c(Cl)cn3S(=O)(=O)c2ccccc2)C1.Cl. The van der Waals surface area contributed by atoms with Crippen LogP contribution in [0.1, 0.15) is 32.3 Å². The highest BCUT2D eigenvalue weighted by Crippen LogP contribution is 2.34. The van der Waals surface area contributed by atoms with Gasteiger partial charge in [-0.3, -0.25) is 0 Å². The van der Waals surface area contributed by atoms with Crippen molar-refractivity contribution in [3.8, 4) is 0 Å². The highest BCUT2D eigenvalue weighted by Gasteiger charge is 2.35. The van der Waals surface area contributed by atoms with E-state index in [-0.39, 0.29) is 29.3 Å². The average Bonchev–Trinajstić information content (AvgIpc) is 2.97. The zero-order chi connectivity index (χ0) is 21.7. The standard InChI is InChI=1S/C22H23ClN2O4S.ClH/c1-22(2,3)29-21(26)24-12-16(13-24)15-9-10-20-18(11-15)19(23)14-25(20)30(27,28)17-7-5-4-6-8-17;/h4-11,14,16H,12-13H2,1-3H3;1H. The smallest absolute Gasteiger partial charge is 0.410 e. The van der Waals surface area contributed by atoms with Gasteiger partial charge in [-0.1, -0.05) is 35.9 Å². The van der Waals surface area contributed by atoms with E-state index in [0.717, 1.165) is 5.56 Å². The second-order valence-corrected chi connectivity index (χ2v) is 10.7. The zero-order valence-corrected chi connectivity index (χ0v) is 19.8. The fraction of sp³-hybridized carbons (Fsp3) is 0.318. The van der Waals surface area contributed by atoms with E-state index in [9.17, 15) is 13.2 Å². The first-order valence-electron chi connectivity index (χ1n) is 9.65. The number of hydrogen-bond acceptors (Lipinski definition) is 4. The van der Waals surface area contributed by atoms with Crippen molar-refractivity contribution < 1.29 is 17.9 Å². The lowest BCUT2D eigenvalue weighted by Gasteiger charge is -2.40. The second-order valence-electron chi connectivity index (χ2n) is 8.45. The molecule has 9 heteroatoms. The highest BCUT2D eigenvalue weighted by molar-refractivity contribution is 7.90. The molecule has 0 N–H and O–H groups in total. The predicted molar refractivity (Wildman–Crippen MR) is 124 cm³/mol. The number of rotatable bonds is 3. The number of carbonyl (C=O) groups is 1. The quantitative estimate of drug-likeness (QED) is 0.508. The summed E-state index contributed by atoms with van der Waals surface area (Å²) in [7, 11) is -3.74. The monoisotopic (exact) mass is 482 g/mol. The third kappa shape index (κ3) is 4.54. The van der Waals surface area contributed by atoms with Gasteiger partial charge in [0.2, 0.25) is 0 Å². The van der Waals surface area contributed by atoms with Crippen molar-refractivity contribution in [2.24, 2.45) is 0 Å². The Bertz CT molecular complexity index is 1210. The molecule has 3 aromatic rings. The first-order chi connectivity index (χ1) is 14.1. The summed E-state index contributed by atoms with van der Waals surface area (Å²) in [4.78, 5) is 14.0. The summed E-state index contributed by atoms with van der Waals surface area (Å²) in [6.07, 6.45) is 1.12. The summed E-state index contributed by atoms with van der Waals surface area (Å²) >= 11 is 6.39. The normalized spacial score (nSPS) is 14.8. The van der Waals surface area contributed by atoms with E-state index < -0.39 is 15.6 Å². The molecular weight excluding hydrogens is 459 g/mol. The van der Waals surface area contributed by atoms with Gasteiger partial charge in [-0.25, -0.2) is 17.2 Å². The molecule has 0 unspecified atom stereocenters. The average molecular weight is 483 g/mol. The van der Waals surface area contributed by atoms with Crippen LogP contribution in [0.5, 0.6) is 0 Å². The fourth-order valence-electron chi connectivity index (χ4n) is 3.50. The van der Waals surface area contributed by atoms with Crippen LogP contribution in [-0.2, 0) is 14.8 Å². The molecule has 1 fully saturated rings. The van der Waals surface area contributed by atoms with Crippen molar-refractivity contribution in [3.63, 3.8) is 0 Å². The van der Waals surface area contributed by atoms with Gasteiger partial charge in [-0.05, 0) is 50.6 Å². The number of likely N-dealkylation sites (tertiary alicyclic amines) is 1. The van der Waals surface area contributed by atoms with Crippen molar-refractivity contribution in [2.45, 2.75) is 37.2 Å². The van der Waals surface area contributed by atoms with Crippen LogP contribution in [0, 0.1) is 0 Å². The van der Waals surface area contributed by atoms with Crippen LogP contribution in [0.15, 0.2) is 59.6 Å². The maximum Gasteiger partial charge on any atom is 0.410 e. The lowest BCUT2D eigenvalue weighted by Crippen LogP contribution is -2.50. The molecule has 166 valence electrons. The van der Waals surface area contributed by atoms with Crippen LogP contribution in [-0.4, -0.2) is 42.1 Å². The van der Waals surface area contributed by atoms with Crippen LogP contribution in [0.25, 0.3) is 10.9 Å². The minimum absolute atomic E-state index is 0. The lowest BCUT2D eigenvalue weighted by molar-refractivity contribution is 0.00820. The van der Waals surface area contributed by atoms with E-state index in [1.54, 1.807) is 41.3 Å². The maximum absolute atomic E-state index is 13.0. The Morgan fingerprint density at radius 2 is 1.74 bits per heavy atom. The van der Waals surface area contributed by atoms with Crippen LogP contribution in [0.4, 0.5) is 4.79 Å². The summed E-state index contributed by atoms with van der Waals surface area (Å²) in [5.74, 6) is 0.159. The summed E-state index contributed by atoms with van der Waals surface area (Å²) in [6, 6.07) is 13.8. The van der Waals surface area contributed by atoms with E-state index in [0.29, 0.717) is 29.0 Å². The summed E-state index contributed by atoms with van der Waals surface area (Å²) in [5, 5.41) is 1.04. The minimum Gasteiger partial charge on any atom is -0.444 e. The molecule has 0 saturated carbocycles. The molecule has 0 aliphatic carbocycles. The Labute approximate surface area is 193 Å². The molecule has 6 nitrogen and oxygen atoms in total. The van der Waals surface area contributed by atoms with Crippen LogP contribution in [0.3, 0.4) is 0 Å². The van der Waals surface area contributed by atoms with E-state index >= 15 is 0 Å². The number of amides is 1. The number of ether oxygens (including phenoxy) is 1. The Morgan fingerprint density at radius 3 is 2.35 bits per heavy atom. The first-order valence-corrected chi connectivity index (χ1v) is 11.5. The van der Waals surface area contributed by atoms with Crippen LogP contribution in [0.2, 0.25) is 5.02 Å². The molecule has 1 saturated heterocycles. The molecule has 1 aliphatic heterocycles. The third-order valence-electron chi connectivity index (χ3n) is 5.05. The topological polar surface area (TPSA) is 68.6 Å². The summed E-state index contributed by atoms with van der Waals surface area (Å²) < 4.78 is 32.7. The van der Waals surface area contributed by atoms with Gasteiger partial charge in [0.15, 0.2) is 0 Å². The fourth-order valence-corrected chi connectivity index (χ4v) is 5.20. The van der Waals surface area contributed by atoms with Gasteiger partial charge in [-0.2, -0.15) is 0 Å². The van der Waals surface area contributed by atoms with Crippen molar-refractivity contribution in [1.29, 1.82) is 0 Å². The molecule has 31 heavy (non-hydrogen) atoms. The Balaban J connectivity index is 0.00000272. The van der Waals surface area contributed by atoms with Gasteiger partial charge < -0.3 is 9.64 Å². The van der Waals surface area contributed by atoms with Crippen molar-refractivity contribution in [3.05, 3.63) is 65.3 Å². The van der Waals surface area contributed by atoms with Crippen LogP contribution < -0.4 is 0 Å². The van der Waals surface area contributed by atoms with Gasteiger partial charge in [0.25, 0.3) is 10.0 Å². The number of benzene rings is 2. The van der Waals surface area contributed by atoms with Gasteiger partial charge in [0.1, 0.15) is 5.60 Å². The van der Waals surface area contributed by atoms with E-state index in [4.69, 9.17) is 16.3 Å². The van der Waals surface area contributed by atoms with Gasteiger partial charge >= 0.3 is 6.09 Å². The number of halogens is 2. The van der Waals surface area contributed by atoms with Crippen molar-refractivity contribution >= 4 is 51.0 Å². The molecule has 0 spiro atoms. The molecule has 0 radical (unpaired) electrons. The van der Waals surface area contributed by atoms with Gasteiger partial charge in [0, 0.05) is 30.6 Å². The molecule has 1 aliphatic rings. The lowest BCUT2D eigenvalue weighted by atomic mass is 9.91. The molecule has 1 amide bonds. The van der Waals surface area contributed by atoms with Crippen molar-refractivity contribution in [2.75, 3.05) is 13.1 Å². The molecule has 4 rings (SSSR count). The van der Waals surface area contributed by atoms with E-state index in [1.807, 2.05) is 32.9 Å². The van der Waals surface area contributed by atoms with E-state index in [1.165, 1.54) is 10.2 Å². The highest BCUT2D eigenvalue weighted by atomic mass is 35.5. The first kappa shape index (κ1) is 23.4. The maximum atomic E-state index is 13.0.